The third kappa shape index (κ3) is 3.53. The van der Waals surface area contributed by atoms with Crippen LogP contribution in [0.2, 0.25) is 0 Å². The van der Waals surface area contributed by atoms with Crippen LogP contribution in [0, 0.1) is 6.92 Å². The lowest BCUT2D eigenvalue weighted by Gasteiger charge is -2.05. The van der Waals surface area contributed by atoms with E-state index in [4.69, 9.17) is 4.42 Å². The van der Waals surface area contributed by atoms with E-state index in [1.165, 1.54) is 30.3 Å². The molecule has 0 spiro atoms. The first-order chi connectivity index (χ1) is 11.9. The van der Waals surface area contributed by atoms with E-state index in [0.29, 0.717) is 5.39 Å². The largest absolute Gasteiger partial charge is 0.507 e. The number of hydrogen-bond acceptors (Lipinski definition) is 6. The van der Waals surface area contributed by atoms with Crippen LogP contribution in [0.1, 0.15) is 11.1 Å². The number of nitrogens with zero attached hydrogens (tertiary/aromatic N) is 1. The summed E-state index contributed by atoms with van der Waals surface area (Å²) in [6, 6.07) is 12.0. The van der Waals surface area contributed by atoms with Crippen molar-refractivity contribution in [3.63, 3.8) is 0 Å². The minimum atomic E-state index is -3.84. The molecule has 8 heteroatoms. The fourth-order valence-electron chi connectivity index (χ4n) is 2.20. The summed E-state index contributed by atoms with van der Waals surface area (Å²) < 4.78 is 29.4. The number of phenolic OH excluding ortho intramolecular Hbond substituents is 1. The van der Waals surface area contributed by atoms with Gasteiger partial charge in [0.2, 0.25) is 0 Å². The van der Waals surface area contributed by atoms with Crippen molar-refractivity contribution in [1.29, 1.82) is 0 Å². The molecule has 1 aromatic heterocycles. The molecule has 0 fully saturated rings. The lowest BCUT2D eigenvalue weighted by molar-refractivity contribution is 0.472. The summed E-state index contributed by atoms with van der Waals surface area (Å²) in [5.41, 5.74) is 0.554. The van der Waals surface area contributed by atoms with Gasteiger partial charge in [-0.05, 0) is 37.3 Å². The Labute approximate surface area is 143 Å². The Balaban J connectivity index is 1.93. The first-order valence-corrected chi connectivity index (χ1v) is 8.72. The zero-order valence-corrected chi connectivity index (χ0v) is 13.9. The molecule has 0 aliphatic rings. The lowest BCUT2D eigenvalue weighted by atomic mass is 10.1. The van der Waals surface area contributed by atoms with Crippen LogP contribution in [0.25, 0.3) is 11.0 Å². The van der Waals surface area contributed by atoms with Gasteiger partial charge < -0.3 is 9.52 Å². The van der Waals surface area contributed by atoms with Crippen molar-refractivity contribution < 1.29 is 17.9 Å². The molecule has 3 rings (SSSR count). The highest BCUT2D eigenvalue weighted by Gasteiger charge is 2.13. The van der Waals surface area contributed by atoms with Crippen molar-refractivity contribution in [2.24, 2.45) is 5.10 Å². The average molecular weight is 358 g/mol. The summed E-state index contributed by atoms with van der Waals surface area (Å²) in [6.07, 6.45) is 1.09. The van der Waals surface area contributed by atoms with Crippen molar-refractivity contribution in [3.8, 4) is 5.75 Å². The number of rotatable bonds is 4. The predicted octanol–water partition coefficient (Wildman–Crippen LogP) is 2.12. The van der Waals surface area contributed by atoms with Crippen molar-refractivity contribution >= 4 is 27.2 Å². The molecule has 0 saturated carbocycles. The van der Waals surface area contributed by atoms with Gasteiger partial charge in [0.05, 0.1) is 16.7 Å². The molecule has 1 heterocycles. The normalized spacial score (nSPS) is 11.9. The zero-order valence-electron chi connectivity index (χ0n) is 13.1. The van der Waals surface area contributed by atoms with E-state index >= 15 is 0 Å². The first kappa shape index (κ1) is 16.7. The van der Waals surface area contributed by atoms with E-state index < -0.39 is 15.6 Å². The van der Waals surface area contributed by atoms with Gasteiger partial charge in [0.25, 0.3) is 10.0 Å². The van der Waals surface area contributed by atoms with Gasteiger partial charge in [-0.25, -0.2) is 9.63 Å². The molecular weight excluding hydrogens is 344 g/mol. The van der Waals surface area contributed by atoms with E-state index in [0.717, 1.165) is 11.8 Å². The van der Waals surface area contributed by atoms with Crippen LogP contribution in [0.5, 0.6) is 5.75 Å². The number of aromatic hydroxyl groups is 1. The highest BCUT2D eigenvalue weighted by Crippen LogP contribution is 2.24. The second-order valence-electron chi connectivity index (χ2n) is 5.34. The number of benzene rings is 2. The summed E-state index contributed by atoms with van der Waals surface area (Å²) in [7, 11) is -3.84. The number of sulfonamides is 1. The van der Waals surface area contributed by atoms with Gasteiger partial charge in [-0.1, -0.05) is 17.7 Å². The molecule has 0 radical (unpaired) electrons. The van der Waals surface area contributed by atoms with Crippen LogP contribution in [0.4, 0.5) is 0 Å². The van der Waals surface area contributed by atoms with Crippen molar-refractivity contribution in [3.05, 3.63) is 70.1 Å². The molecule has 25 heavy (non-hydrogen) atoms. The van der Waals surface area contributed by atoms with Crippen LogP contribution < -0.4 is 10.5 Å². The molecule has 0 amide bonds. The third-order valence-electron chi connectivity index (χ3n) is 3.50. The van der Waals surface area contributed by atoms with Crippen molar-refractivity contribution in [2.75, 3.05) is 0 Å². The summed E-state index contributed by atoms with van der Waals surface area (Å²) in [4.78, 5) is 13.5. The molecule has 0 atom stereocenters. The molecule has 7 nitrogen and oxygen atoms in total. The van der Waals surface area contributed by atoms with Gasteiger partial charge in [-0.3, -0.25) is 0 Å². The van der Waals surface area contributed by atoms with E-state index in [2.05, 4.69) is 9.93 Å². The molecule has 0 bridgehead atoms. The van der Waals surface area contributed by atoms with Gasteiger partial charge in [0.15, 0.2) is 5.58 Å². The monoisotopic (exact) mass is 358 g/mol. The van der Waals surface area contributed by atoms with E-state index in [9.17, 15) is 18.3 Å². The molecular formula is C17H14N2O5S. The molecule has 0 aliphatic heterocycles. The zero-order chi connectivity index (χ0) is 18.0. The predicted molar refractivity (Wildman–Crippen MR) is 93.2 cm³/mol. The fraction of sp³-hybridized carbons (Fsp3) is 0.0588. The topological polar surface area (TPSA) is 109 Å². The smallest absolute Gasteiger partial charge is 0.336 e. The molecule has 128 valence electrons. The molecule has 0 aliphatic carbocycles. The molecule has 3 aromatic rings. The summed E-state index contributed by atoms with van der Waals surface area (Å²) >= 11 is 0. The Kier molecular flexibility index (Phi) is 4.28. The van der Waals surface area contributed by atoms with E-state index in [-0.39, 0.29) is 21.8 Å². The summed E-state index contributed by atoms with van der Waals surface area (Å²) in [6.45, 7) is 1.85. The number of aryl methyl sites for hydroxylation is 1. The van der Waals surface area contributed by atoms with Crippen LogP contribution in [-0.4, -0.2) is 19.7 Å². The average Bonchev–Trinajstić information content (AvgIpc) is 2.57. The third-order valence-corrected chi connectivity index (χ3v) is 4.74. The Morgan fingerprint density at radius 1 is 1.08 bits per heavy atom. The minimum absolute atomic E-state index is 0.0592. The maximum atomic E-state index is 12.2. The van der Waals surface area contributed by atoms with Crippen LogP contribution in [-0.2, 0) is 10.0 Å². The SMILES string of the molecule is Cc1ccc(S(=O)(=O)N/N=C/c2c(O)ccc3ccc(=O)oc23)cc1. The number of fused-ring (bicyclic) bond motifs is 1. The summed E-state index contributed by atoms with van der Waals surface area (Å²) in [5.74, 6) is -0.194. The van der Waals surface area contributed by atoms with Gasteiger partial charge in [-0.15, -0.1) is 0 Å². The fourth-order valence-corrected chi connectivity index (χ4v) is 2.99. The van der Waals surface area contributed by atoms with Gasteiger partial charge in [-0.2, -0.15) is 13.5 Å². The minimum Gasteiger partial charge on any atom is -0.507 e. The standard InChI is InChI=1S/C17H14N2O5S/c1-11-2-6-13(7-3-11)25(22,23)19-18-10-14-15(20)8-4-12-5-9-16(21)24-17(12)14/h2-10,19-20H,1H3/b18-10+. The van der Waals surface area contributed by atoms with Crippen LogP contribution in [0.15, 0.2) is 67.7 Å². The van der Waals surface area contributed by atoms with Gasteiger partial charge in [0.1, 0.15) is 5.75 Å². The van der Waals surface area contributed by atoms with Gasteiger partial charge >= 0.3 is 5.63 Å². The maximum absolute atomic E-state index is 12.2. The highest BCUT2D eigenvalue weighted by atomic mass is 32.2. The number of nitrogens with one attached hydrogen (secondary N) is 1. The second-order valence-corrected chi connectivity index (χ2v) is 7.00. The van der Waals surface area contributed by atoms with Crippen LogP contribution >= 0.6 is 0 Å². The molecule has 0 unspecified atom stereocenters. The Hall–Kier alpha value is -3.13. The van der Waals surface area contributed by atoms with Crippen molar-refractivity contribution in [1.82, 2.24) is 4.83 Å². The first-order valence-electron chi connectivity index (χ1n) is 7.24. The number of hydrazone groups is 1. The number of hydrogen-bond donors (Lipinski definition) is 2. The molecule has 2 N–H and O–H groups in total. The van der Waals surface area contributed by atoms with Crippen molar-refractivity contribution in [2.45, 2.75) is 11.8 Å². The van der Waals surface area contributed by atoms with Gasteiger partial charge in [0, 0.05) is 11.5 Å². The summed E-state index contributed by atoms with van der Waals surface area (Å²) in [5, 5.41) is 14.2. The Morgan fingerprint density at radius 3 is 2.48 bits per heavy atom. The lowest BCUT2D eigenvalue weighted by Crippen LogP contribution is -2.18. The highest BCUT2D eigenvalue weighted by molar-refractivity contribution is 7.89. The second kappa shape index (κ2) is 6.40. The quantitative estimate of drug-likeness (QED) is 0.422. The van der Waals surface area contributed by atoms with E-state index in [1.54, 1.807) is 18.2 Å². The number of phenols is 1. The Bertz CT molecular complexity index is 1120. The molecule has 0 saturated heterocycles. The van der Waals surface area contributed by atoms with Crippen LogP contribution in [0.3, 0.4) is 0 Å². The Morgan fingerprint density at radius 2 is 1.76 bits per heavy atom. The van der Waals surface area contributed by atoms with E-state index in [1.807, 2.05) is 6.92 Å². The maximum Gasteiger partial charge on any atom is 0.336 e. The molecule has 2 aromatic carbocycles.